The van der Waals surface area contributed by atoms with E-state index in [1.807, 2.05) is 0 Å². The van der Waals surface area contributed by atoms with Gasteiger partial charge in [0, 0.05) is 0 Å². The van der Waals surface area contributed by atoms with Crippen molar-refractivity contribution >= 4 is 51.6 Å². The van der Waals surface area contributed by atoms with Gasteiger partial charge in [-0.05, 0) is 78.0 Å². The molecule has 324 valence electrons. The van der Waals surface area contributed by atoms with Crippen LogP contribution in [0.3, 0.4) is 0 Å². The van der Waals surface area contributed by atoms with Gasteiger partial charge in [-0.25, -0.2) is 65.9 Å². The molecule has 7 aromatic carbocycles. The van der Waals surface area contributed by atoms with Gasteiger partial charge in [0.25, 0.3) is 0 Å². The number of rotatable bonds is 8. The summed E-state index contributed by atoms with van der Waals surface area (Å²) in [6, 6.07) is 34.2. The lowest BCUT2D eigenvalue weighted by molar-refractivity contribution is 0.380. The quantitative estimate of drug-likeness (QED) is 0.0271. The summed E-state index contributed by atoms with van der Waals surface area (Å²) in [5.41, 5.74) is -5.74. The zero-order chi connectivity index (χ0) is 46.3. The van der Waals surface area contributed by atoms with E-state index < -0.39 is 123 Å². The molecule has 0 saturated carbocycles. The van der Waals surface area contributed by atoms with E-state index in [1.54, 1.807) is 0 Å². The average Bonchev–Trinajstić information content (AvgIpc) is 3.28. The molecule has 18 heteroatoms. The van der Waals surface area contributed by atoms with Crippen molar-refractivity contribution in [3.8, 4) is 0 Å². The number of hydrogen-bond acceptors (Lipinski definition) is 0. The molecule has 0 nitrogen and oxygen atoms in total. The highest BCUT2D eigenvalue weighted by Crippen LogP contribution is 2.31. The fourth-order valence-corrected chi connectivity index (χ4v) is 8.76. The predicted molar refractivity (Wildman–Crippen MR) is 212 cm³/mol. The van der Waals surface area contributed by atoms with E-state index in [4.69, 9.17) is 11.1 Å². The SMILES string of the molecule is C[Si](C)(Cl)c1ccc([B-](c2c(F)c(F)c(F)c(F)c2F)(c2c(F)c(F)c(F)c(F)c2F)c2c(F)c(F)c(F)c(F)c2F)cc1.c1ccc([C+](c2ccccc2)c2ccccc2)cc1. The van der Waals surface area contributed by atoms with E-state index in [2.05, 4.69) is 91.0 Å². The van der Waals surface area contributed by atoms with Crippen LogP contribution in [0, 0.1) is 93.2 Å². The zero-order valence-corrected chi connectivity index (χ0v) is 33.9. The van der Waals surface area contributed by atoms with Crippen LogP contribution in [0.4, 0.5) is 65.9 Å². The van der Waals surface area contributed by atoms with Gasteiger partial charge in [0.1, 0.15) is 41.0 Å². The van der Waals surface area contributed by atoms with Crippen LogP contribution in [0.5, 0.6) is 0 Å². The molecule has 0 heterocycles. The van der Waals surface area contributed by atoms with E-state index in [-0.39, 0.29) is 5.19 Å². The highest BCUT2D eigenvalue weighted by Gasteiger charge is 2.49. The summed E-state index contributed by atoms with van der Waals surface area (Å²) in [6.07, 6.45) is -5.80. The third kappa shape index (κ3) is 8.08. The van der Waals surface area contributed by atoms with Gasteiger partial charge >= 0.3 is 0 Å². The molecule has 0 aromatic heterocycles. The van der Waals surface area contributed by atoms with Gasteiger partial charge in [0.05, 0.1) is 22.6 Å². The molecule has 0 radical (unpaired) electrons. The van der Waals surface area contributed by atoms with Crippen LogP contribution in [0.15, 0.2) is 115 Å². The van der Waals surface area contributed by atoms with Crippen molar-refractivity contribution in [2.75, 3.05) is 0 Å². The van der Waals surface area contributed by atoms with Crippen molar-refractivity contribution in [3.05, 3.63) is 225 Å². The molecule has 0 spiro atoms. The van der Waals surface area contributed by atoms with Crippen LogP contribution in [-0.2, 0) is 0 Å². The lowest BCUT2D eigenvalue weighted by atomic mass is 9.12. The molecular formula is C45H25BClF15Si. The van der Waals surface area contributed by atoms with Crippen molar-refractivity contribution in [3.63, 3.8) is 0 Å². The first-order valence-corrected chi connectivity index (χ1v) is 22.2. The standard InChI is InChI=1S/C26H10BClF15Si.C19H15/c1-44(2,28)8-5-3-7(4-6-8)27(9-12(29)18(35)24(41)19(36)13(9)30,10-14(31)20(37)25(42)21(38)15(10)32)11-16(33)22(39)26(43)23(40)17(11)34;1-4-10-16(11-5-1)19(17-12-6-2-7-13-17)18-14-8-3-9-15-18/h3-6H,1-2H3;1-15H/q-1;+1. The molecule has 0 bridgehead atoms. The lowest BCUT2D eigenvalue weighted by Crippen LogP contribution is -2.79. The van der Waals surface area contributed by atoms with Gasteiger partial charge in [0.15, 0.2) is 59.7 Å². The molecule has 0 atom stereocenters. The third-order valence-electron chi connectivity index (χ3n) is 10.3. The van der Waals surface area contributed by atoms with E-state index in [0.29, 0.717) is 12.1 Å². The fourth-order valence-electron chi connectivity index (χ4n) is 7.42. The summed E-state index contributed by atoms with van der Waals surface area (Å²) in [6.45, 7) is 2.89. The summed E-state index contributed by atoms with van der Waals surface area (Å²) in [7, 11) is -2.97. The Labute approximate surface area is 354 Å². The van der Waals surface area contributed by atoms with Crippen LogP contribution in [0.2, 0.25) is 13.1 Å². The van der Waals surface area contributed by atoms with Crippen molar-refractivity contribution in [2.45, 2.75) is 13.1 Å². The van der Waals surface area contributed by atoms with Crippen LogP contribution in [0.1, 0.15) is 16.7 Å². The number of hydrogen-bond donors (Lipinski definition) is 0. The van der Waals surface area contributed by atoms with Gasteiger partial charge < -0.3 is 0 Å². The molecule has 0 aliphatic rings. The Morgan fingerprint density at radius 1 is 0.333 bits per heavy atom. The molecule has 0 fully saturated rings. The smallest absolute Gasteiger partial charge is 0.200 e. The van der Waals surface area contributed by atoms with Crippen LogP contribution in [0.25, 0.3) is 0 Å². The number of halogens is 16. The first-order chi connectivity index (χ1) is 29.7. The first-order valence-electron chi connectivity index (χ1n) is 18.2. The second kappa shape index (κ2) is 18.0. The van der Waals surface area contributed by atoms with Gasteiger partial charge in [0.2, 0.25) is 0 Å². The maximum absolute atomic E-state index is 15.6. The average molecular weight is 925 g/mol. The Hall–Kier alpha value is -6.07. The third-order valence-corrected chi connectivity index (χ3v) is 12.7. The Morgan fingerprint density at radius 2 is 0.556 bits per heavy atom. The van der Waals surface area contributed by atoms with E-state index in [0.717, 1.165) is 12.1 Å². The normalized spacial score (nSPS) is 11.7. The minimum Gasteiger partial charge on any atom is -0.207 e. The van der Waals surface area contributed by atoms with E-state index in [1.165, 1.54) is 35.7 Å². The molecule has 0 aliphatic heterocycles. The van der Waals surface area contributed by atoms with E-state index >= 15 is 26.3 Å². The Balaban J connectivity index is 0.000000287. The monoisotopic (exact) mass is 924 g/mol. The van der Waals surface area contributed by atoms with Crippen molar-refractivity contribution < 1.29 is 65.9 Å². The number of benzene rings is 7. The topological polar surface area (TPSA) is 0 Å². The van der Waals surface area contributed by atoms with Crippen LogP contribution >= 0.6 is 11.1 Å². The Morgan fingerprint density at radius 3 is 0.778 bits per heavy atom. The minimum absolute atomic E-state index is 0.0971. The first kappa shape index (κ1) is 46.4. The largest absolute Gasteiger partial charge is 0.207 e. The van der Waals surface area contributed by atoms with Crippen molar-refractivity contribution in [1.29, 1.82) is 0 Å². The highest BCUT2D eigenvalue weighted by molar-refractivity contribution is 7.26. The van der Waals surface area contributed by atoms with Gasteiger partial charge in [-0.1, -0.05) is 55.6 Å². The lowest BCUT2D eigenvalue weighted by Gasteiger charge is -2.44. The zero-order valence-electron chi connectivity index (χ0n) is 32.1. The predicted octanol–water partition coefficient (Wildman–Crippen LogP) is 10.5. The molecule has 0 saturated heterocycles. The Kier molecular flexibility index (Phi) is 13.2. The van der Waals surface area contributed by atoms with Gasteiger partial charge in [-0.2, -0.15) is 16.5 Å². The molecule has 7 rings (SSSR count). The van der Waals surface area contributed by atoms with Crippen LogP contribution < -0.4 is 27.0 Å². The molecule has 7 aromatic rings. The molecule has 63 heavy (non-hydrogen) atoms. The van der Waals surface area contributed by atoms with Gasteiger partial charge in [-0.15, -0.1) is 16.4 Å². The molecular weight excluding hydrogens is 900 g/mol. The summed E-state index contributed by atoms with van der Waals surface area (Å²) < 4.78 is 223. The summed E-state index contributed by atoms with van der Waals surface area (Å²) >= 11 is 6.27. The van der Waals surface area contributed by atoms with Crippen molar-refractivity contribution in [1.82, 2.24) is 0 Å². The molecule has 0 aliphatic carbocycles. The molecule has 0 N–H and O–H groups in total. The maximum atomic E-state index is 15.6. The highest BCUT2D eigenvalue weighted by atomic mass is 35.6. The van der Waals surface area contributed by atoms with Gasteiger partial charge in [-0.3, -0.25) is 0 Å². The minimum atomic E-state index is -5.80. The van der Waals surface area contributed by atoms with E-state index in [9.17, 15) is 39.5 Å². The summed E-state index contributed by atoms with van der Waals surface area (Å²) in [4.78, 5) is 0. The van der Waals surface area contributed by atoms with Crippen molar-refractivity contribution in [2.24, 2.45) is 0 Å². The maximum Gasteiger partial charge on any atom is 0.200 e. The molecule has 0 unspecified atom stereocenters. The second-order valence-electron chi connectivity index (χ2n) is 14.4. The second-order valence-corrected chi connectivity index (χ2v) is 20.7. The summed E-state index contributed by atoms with van der Waals surface area (Å²) in [5, 5.41) is 0.0971. The van der Waals surface area contributed by atoms with Crippen LogP contribution in [-0.4, -0.2) is 13.5 Å². The Bertz CT molecular complexity index is 2470. The summed E-state index contributed by atoms with van der Waals surface area (Å²) in [5.74, 6) is -44.4. The fraction of sp³-hybridized carbons (Fsp3) is 0.0444. The molecule has 0 amide bonds.